The number of carboxylic acids is 1. The summed E-state index contributed by atoms with van der Waals surface area (Å²) in [6.45, 7) is 0.156. The summed E-state index contributed by atoms with van der Waals surface area (Å²) in [6.07, 6.45) is 4.97. The number of nitrogens with zero attached hydrogens (tertiary/aromatic N) is 1. The second-order valence-electron chi connectivity index (χ2n) is 5.31. The molecule has 3 rings (SSSR count). The zero-order valence-corrected chi connectivity index (χ0v) is 10.4. The van der Waals surface area contributed by atoms with E-state index < -0.39 is 23.3 Å². The summed E-state index contributed by atoms with van der Waals surface area (Å²) >= 11 is 0. The van der Waals surface area contributed by atoms with Gasteiger partial charge in [0.15, 0.2) is 5.54 Å². The zero-order chi connectivity index (χ0) is 13.6. The van der Waals surface area contributed by atoms with Crippen LogP contribution in [-0.4, -0.2) is 46.5 Å². The number of aliphatic carboxylic acids is 1. The molecule has 0 radical (unpaired) electrons. The first-order chi connectivity index (χ1) is 9.08. The monoisotopic (exact) mass is 265 g/mol. The second kappa shape index (κ2) is 4.16. The number of carbonyl (C=O) groups is 3. The minimum atomic E-state index is -1.49. The van der Waals surface area contributed by atoms with Gasteiger partial charge in [-0.25, -0.2) is 4.79 Å². The summed E-state index contributed by atoms with van der Waals surface area (Å²) < 4.78 is 5.14. The van der Waals surface area contributed by atoms with Crippen molar-refractivity contribution in [3.8, 4) is 0 Å². The van der Waals surface area contributed by atoms with Crippen LogP contribution >= 0.6 is 0 Å². The third kappa shape index (κ3) is 1.56. The third-order valence-corrected chi connectivity index (χ3v) is 4.33. The zero-order valence-electron chi connectivity index (χ0n) is 10.4. The number of allylic oxidation sites excluding steroid dienone is 2. The summed E-state index contributed by atoms with van der Waals surface area (Å²) in [5, 5.41) is 9.45. The first-order valence-electron chi connectivity index (χ1n) is 6.42. The Morgan fingerprint density at radius 3 is 2.26 bits per heavy atom. The molecule has 2 heterocycles. The van der Waals surface area contributed by atoms with Gasteiger partial charge in [-0.1, -0.05) is 12.2 Å². The molecule has 102 valence electrons. The molecular weight excluding hydrogens is 250 g/mol. The highest BCUT2D eigenvalue weighted by molar-refractivity contribution is 6.09. The topological polar surface area (TPSA) is 83.9 Å². The largest absolute Gasteiger partial charge is 0.479 e. The first-order valence-corrected chi connectivity index (χ1v) is 6.42. The fourth-order valence-corrected chi connectivity index (χ4v) is 3.22. The molecule has 0 saturated carbocycles. The molecule has 0 aromatic heterocycles. The minimum Gasteiger partial charge on any atom is -0.479 e. The molecule has 19 heavy (non-hydrogen) atoms. The van der Waals surface area contributed by atoms with Gasteiger partial charge in [-0.15, -0.1) is 0 Å². The predicted molar refractivity (Wildman–Crippen MR) is 63.0 cm³/mol. The lowest BCUT2D eigenvalue weighted by molar-refractivity contribution is -0.163. The van der Waals surface area contributed by atoms with Crippen molar-refractivity contribution in [3.05, 3.63) is 12.2 Å². The summed E-state index contributed by atoms with van der Waals surface area (Å²) in [5.41, 5.74) is -1.49. The van der Waals surface area contributed by atoms with Gasteiger partial charge in [0.25, 0.3) is 0 Å². The Morgan fingerprint density at radius 2 is 1.84 bits per heavy atom. The number of carboxylic acid groups (broad SMARTS) is 1. The number of hydrogen-bond donors (Lipinski definition) is 1. The molecule has 3 aliphatic rings. The molecule has 6 nitrogen and oxygen atoms in total. The molecule has 0 aromatic rings. The van der Waals surface area contributed by atoms with Crippen LogP contribution in [0.3, 0.4) is 0 Å². The molecule has 6 heteroatoms. The van der Waals surface area contributed by atoms with E-state index in [9.17, 15) is 19.5 Å². The quantitative estimate of drug-likeness (QED) is 0.569. The van der Waals surface area contributed by atoms with Crippen LogP contribution in [0.2, 0.25) is 0 Å². The van der Waals surface area contributed by atoms with Gasteiger partial charge in [-0.05, 0) is 12.8 Å². The molecule has 0 spiro atoms. The van der Waals surface area contributed by atoms with Crippen LogP contribution < -0.4 is 0 Å². The normalized spacial score (nSPS) is 37.8. The Hall–Kier alpha value is -1.69. The molecule has 0 bridgehead atoms. The van der Waals surface area contributed by atoms with E-state index in [1.807, 2.05) is 12.2 Å². The number of amides is 2. The predicted octanol–water partition coefficient (Wildman–Crippen LogP) is 0.181. The third-order valence-electron chi connectivity index (χ3n) is 4.33. The Bertz CT molecular complexity index is 451. The lowest BCUT2D eigenvalue weighted by Gasteiger charge is -2.31. The molecule has 3 atom stereocenters. The van der Waals surface area contributed by atoms with Crippen molar-refractivity contribution in [3.63, 3.8) is 0 Å². The van der Waals surface area contributed by atoms with Crippen molar-refractivity contribution < 1.29 is 24.2 Å². The smallest absolute Gasteiger partial charge is 0.332 e. The SMILES string of the molecule is O=C1C2CC=CCC2C(=O)N1C1(C(=O)O)CCOC1. The number of rotatable bonds is 2. The van der Waals surface area contributed by atoms with Crippen LogP contribution in [0.15, 0.2) is 12.2 Å². The van der Waals surface area contributed by atoms with E-state index >= 15 is 0 Å². The van der Waals surface area contributed by atoms with Crippen molar-refractivity contribution in [2.24, 2.45) is 11.8 Å². The van der Waals surface area contributed by atoms with Crippen LogP contribution in [0, 0.1) is 11.8 Å². The van der Waals surface area contributed by atoms with E-state index in [4.69, 9.17) is 4.74 Å². The van der Waals surface area contributed by atoms with Crippen molar-refractivity contribution in [2.45, 2.75) is 24.8 Å². The molecule has 0 aromatic carbocycles. The van der Waals surface area contributed by atoms with Crippen LogP contribution in [0.5, 0.6) is 0 Å². The highest BCUT2D eigenvalue weighted by atomic mass is 16.5. The van der Waals surface area contributed by atoms with E-state index in [0.717, 1.165) is 4.90 Å². The van der Waals surface area contributed by atoms with E-state index in [-0.39, 0.29) is 31.4 Å². The molecule has 2 saturated heterocycles. The maximum absolute atomic E-state index is 12.4. The van der Waals surface area contributed by atoms with Crippen molar-refractivity contribution in [1.82, 2.24) is 4.90 Å². The number of fused-ring (bicyclic) bond motifs is 1. The van der Waals surface area contributed by atoms with E-state index in [0.29, 0.717) is 12.8 Å². The van der Waals surface area contributed by atoms with Gasteiger partial charge >= 0.3 is 5.97 Å². The lowest BCUT2D eigenvalue weighted by Crippen LogP contribution is -2.58. The second-order valence-corrected chi connectivity index (χ2v) is 5.31. The maximum atomic E-state index is 12.4. The van der Waals surface area contributed by atoms with Gasteiger partial charge in [0.2, 0.25) is 11.8 Å². The molecule has 2 fully saturated rings. The van der Waals surface area contributed by atoms with E-state index in [1.165, 1.54) is 0 Å². The van der Waals surface area contributed by atoms with E-state index in [2.05, 4.69) is 0 Å². The minimum absolute atomic E-state index is 0.104. The summed E-state index contributed by atoms with van der Waals surface area (Å²) in [7, 11) is 0. The maximum Gasteiger partial charge on any atom is 0.332 e. The van der Waals surface area contributed by atoms with Crippen molar-refractivity contribution in [2.75, 3.05) is 13.2 Å². The number of likely N-dealkylation sites (tertiary alicyclic amines) is 1. The lowest BCUT2D eigenvalue weighted by atomic mass is 9.85. The molecule has 3 unspecified atom stereocenters. The van der Waals surface area contributed by atoms with Gasteiger partial charge < -0.3 is 9.84 Å². The molecule has 1 N–H and O–H groups in total. The van der Waals surface area contributed by atoms with Crippen molar-refractivity contribution in [1.29, 1.82) is 0 Å². The summed E-state index contributed by atoms with van der Waals surface area (Å²) in [5.74, 6) is -2.65. The summed E-state index contributed by atoms with van der Waals surface area (Å²) in [6, 6.07) is 0. The Morgan fingerprint density at radius 1 is 1.26 bits per heavy atom. The molecule has 2 aliphatic heterocycles. The van der Waals surface area contributed by atoms with Crippen LogP contribution in [0.4, 0.5) is 0 Å². The molecule has 1 aliphatic carbocycles. The number of imide groups is 1. The molecular formula is C13H15NO5. The fraction of sp³-hybridized carbons (Fsp3) is 0.615. The first kappa shape index (κ1) is 12.3. The fourth-order valence-electron chi connectivity index (χ4n) is 3.22. The van der Waals surface area contributed by atoms with Crippen LogP contribution in [0.25, 0.3) is 0 Å². The van der Waals surface area contributed by atoms with Gasteiger partial charge in [0, 0.05) is 13.0 Å². The number of ether oxygens (including phenoxy) is 1. The van der Waals surface area contributed by atoms with Crippen LogP contribution in [-0.2, 0) is 19.1 Å². The van der Waals surface area contributed by atoms with Gasteiger partial charge in [-0.3, -0.25) is 14.5 Å². The number of hydrogen-bond acceptors (Lipinski definition) is 4. The number of carbonyl (C=O) groups excluding carboxylic acids is 2. The van der Waals surface area contributed by atoms with Crippen LogP contribution in [0.1, 0.15) is 19.3 Å². The van der Waals surface area contributed by atoms with Crippen molar-refractivity contribution >= 4 is 17.8 Å². The Labute approximate surface area is 110 Å². The summed E-state index contributed by atoms with van der Waals surface area (Å²) in [4.78, 5) is 37.3. The molecule has 2 amide bonds. The van der Waals surface area contributed by atoms with Gasteiger partial charge in [-0.2, -0.15) is 0 Å². The highest BCUT2D eigenvalue weighted by Gasteiger charge is 2.60. The van der Waals surface area contributed by atoms with E-state index in [1.54, 1.807) is 0 Å². The average molecular weight is 265 g/mol. The highest BCUT2D eigenvalue weighted by Crippen LogP contribution is 2.41. The Kier molecular flexibility index (Phi) is 2.70. The van der Waals surface area contributed by atoms with Gasteiger partial charge in [0.05, 0.1) is 18.4 Å². The Balaban J connectivity index is 1.99. The standard InChI is InChI=1S/C13H15NO5/c15-10-8-3-1-2-4-9(8)11(16)14(10)13(12(17)18)5-6-19-7-13/h1-2,8-9H,3-7H2,(H,17,18). The van der Waals surface area contributed by atoms with Gasteiger partial charge in [0.1, 0.15) is 0 Å². The average Bonchev–Trinajstić information content (AvgIpc) is 2.97.